The van der Waals surface area contributed by atoms with Crippen molar-refractivity contribution in [1.82, 2.24) is 19.1 Å². The molecule has 4 aromatic carbocycles. The summed E-state index contributed by atoms with van der Waals surface area (Å²) in [5, 5.41) is 9.60. The minimum absolute atomic E-state index is 0.273. The number of aryl methyl sites for hydroxylation is 3. The summed E-state index contributed by atoms with van der Waals surface area (Å²) in [6.07, 6.45) is 1.72. The van der Waals surface area contributed by atoms with Crippen molar-refractivity contribution in [3.8, 4) is 22.5 Å². The molecule has 0 aliphatic carbocycles. The maximum atomic E-state index is 11.7. The van der Waals surface area contributed by atoms with Gasteiger partial charge in [-0.2, -0.15) is 0 Å². The lowest BCUT2D eigenvalue weighted by Crippen LogP contribution is -2.05. The molecular weight excluding hydrogens is 484 g/mol. The lowest BCUT2D eigenvalue weighted by atomic mass is 9.98. The van der Waals surface area contributed by atoms with Gasteiger partial charge in [0.15, 0.2) is 0 Å². The van der Waals surface area contributed by atoms with Crippen LogP contribution >= 0.6 is 0 Å². The smallest absolute Gasteiger partial charge is 0.336 e. The molecule has 1 N–H and O–H groups in total. The van der Waals surface area contributed by atoms with Crippen LogP contribution in [0.3, 0.4) is 0 Å². The Labute approximate surface area is 231 Å². The first-order valence-corrected chi connectivity index (χ1v) is 13.1. The van der Waals surface area contributed by atoms with Gasteiger partial charge in [-0.25, -0.2) is 14.8 Å². The monoisotopic (exact) mass is 517 g/mol. The molecule has 0 radical (unpaired) electrons. The second-order valence-electron chi connectivity index (χ2n) is 9.78. The van der Waals surface area contributed by atoms with Crippen LogP contribution in [-0.2, 0) is 19.9 Å². The number of aromatic nitrogens is 4. The molecule has 0 unspecified atom stereocenters. The Bertz CT molecular complexity index is 1950. The van der Waals surface area contributed by atoms with Crippen LogP contribution in [0.4, 0.5) is 0 Å². The van der Waals surface area contributed by atoms with Crippen LogP contribution in [0.15, 0.2) is 84.9 Å². The Morgan fingerprint density at radius 2 is 1.67 bits per heavy atom. The second kappa shape index (κ2) is 9.87. The minimum atomic E-state index is -2.39. The Balaban J connectivity index is 1.42. The molecule has 6 rings (SSSR count). The van der Waals surface area contributed by atoms with Crippen molar-refractivity contribution < 1.29 is 14.0 Å². The van der Waals surface area contributed by atoms with Crippen molar-refractivity contribution in [3.63, 3.8) is 0 Å². The van der Waals surface area contributed by atoms with Gasteiger partial charge in [0.05, 0.1) is 27.6 Å². The van der Waals surface area contributed by atoms with Crippen LogP contribution in [-0.4, -0.2) is 30.2 Å². The standard InChI is InChI=1S/C33H30N4O2/c1-4-9-30-35-31-21(2)24(32-34-27-12-7-8-13-28(27)36(32)3)18-19-29(31)37(30)20-22-14-16-23(17-15-22)25-10-5-6-11-26(25)33(38)39/h5-8,10-19H,4,9,20H2,1-3H3,(H,38,39)/i3D3. The van der Waals surface area contributed by atoms with Gasteiger partial charge >= 0.3 is 5.97 Å². The van der Waals surface area contributed by atoms with Crippen molar-refractivity contribution in [2.45, 2.75) is 33.2 Å². The number of nitrogens with zero attached hydrogens (tertiary/aromatic N) is 4. The first-order chi connectivity index (χ1) is 20.2. The number of carbonyl (C=O) groups is 1. The Morgan fingerprint density at radius 3 is 2.44 bits per heavy atom. The molecule has 2 aromatic heterocycles. The summed E-state index contributed by atoms with van der Waals surface area (Å²) >= 11 is 0. The molecule has 6 nitrogen and oxygen atoms in total. The molecule has 0 spiro atoms. The van der Waals surface area contributed by atoms with Crippen LogP contribution in [0, 0.1) is 6.92 Å². The Morgan fingerprint density at radius 1 is 0.897 bits per heavy atom. The van der Waals surface area contributed by atoms with Crippen LogP contribution in [0.1, 0.15) is 44.8 Å². The number of rotatable bonds is 7. The summed E-state index contributed by atoms with van der Waals surface area (Å²) in [6, 6.07) is 26.2. The highest BCUT2D eigenvalue weighted by molar-refractivity contribution is 5.96. The van der Waals surface area contributed by atoms with Gasteiger partial charge in [0.1, 0.15) is 11.6 Å². The van der Waals surface area contributed by atoms with Crippen molar-refractivity contribution in [2.24, 2.45) is 6.98 Å². The molecule has 0 atom stereocenters. The maximum Gasteiger partial charge on any atom is 0.336 e. The van der Waals surface area contributed by atoms with Crippen molar-refractivity contribution in [3.05, 3.63) is 107 Å². The Hall–Kier alpha value is -4.71. The zero-order valence-electron chi connectivity index (χ0n) is 24.8. The molecule has 2 heterocycles. The van der Waals surface area contributed by atoms with E-state index in [9.17, 15) is 9.90 Å². The van der Waals surface area contributed by atoms with E-state index in [1.54, 1.807) is 18.2 Å². The number of aromatic carboxylic acids is 1. The highest BCUT2D eigenvalue weighted by Crippen LogP contribution is 2.32. The van der Waals surface area contributed by atoms with Gasteiger partial charge in [-0.1, -0.05) is 61.5 Å². The molecule has 6 heteroatoms. The molecule has 0 bridgehead atoms. The van der Waals surface area contributed by atoms with E-state index in [1.165, 1.54) is 4.57 Å². The number of hydrogen-bond acceptors (Lipinski definition) is 3. The summed E-state index contributed by atoms with van der Waals surface area (Å²) in [4.78, 5) is 21.5. The van der Waals surface area contributed by atoms with Gasteiger partial charge in [0.25, 0.3) is 0 Å². The van der Waals surface area contributed by atoms with E-state index in [4.69, 9.17) is 14.1 Å². The fraction of sp³-hybridized carbons (Fsp3) is 0.182. The fourth-order valence-electron chi connectivity index (χ4n) is 5.31. The predicted molar refractivity (Wildman–Crippen MR) is 156 cm³/mol. The van der Waals surface area contributed by atoms with Gasteiger partial charge in [-0.3, -0.25) is 0 Å². The van der Waals surface area contributed by atoms with E-state index >= 15 is 0 Å². The number of carboxylic acid groups (broad SMARTS) is 1. The molecule has 0 aliphatic heterocycles. The largest absolute Gasteiger partial charge is 0.478 e. The first kappa shape index (κ1) is 21.2. The number of hydrogen-bond donors (Lipinski definition) is 1. The third-order valence-corrected chi connectivity index (χ3v) is 7.29. The number of fused-ring (bicyclic) bond motifs is 2. The molecule has 0 fully saturated rings. The fourth-order valence-corrected chi connectivity index (χ4v) is 5.31. The maximum absolute atomic E-state index is 11.7. The topological polar surface area (TPSA) is 72.9 Å². The van der Waals surface area contributed by atoms with Gasteiger partial charge in [-0.15, -0.1) is 0 Å². The van der Waals surface area contributed by atoms with Crippen LogP contribution in [0.25, 0.3) is 44.6 Å². The number of imidazole rings is 2. The summed E-state index contributed by atoms with van der Waals surface area (Å²) in [5.74, 6) is 0.407. The first-order valence-electron chi connectivity index (χ1n) is 14.6. The summed E-state index contributed by atoms with van der Waals surface area (Å²) < 4.78 is 28.2. The summed E-state index contributed by atoms with van der Waals surface area (Å²) in [5.41, 5.74) is 7.48. The average molecular weight is 518 g/mol. The zero-order valence-corrected chi connectivity index (χ0v) is 21.8. The molecular formula is C33H30N4O2. The summed E-state index contributed by atoms with van der Waals surface area (Å²) in [6.45, 7) is 2.30. The van der Waals surface area contributed by atoms with Gasteiger partial charge in [0, 0.05) is 29.6 Å². The number of benzene rings is 4. The molecule has 6 aromatic rings. The van der Waals surface area contributed by atoms with E-state index in [1.807, 2.05) is 73.7 Å². The van der Waals surface area contributed by atoms with E-state index in [-0.39, 0.29) is 5.56 Å². The van der Waals surface area contributed by atoms with Crippen LogP contribution in [0.5, 0.6) is 0 Å². The molecule has 0 amide bonds. The lowest BCUT2D eigenvalue weighted by molar-refractivity contribution is 0.0697. The van der Waals surface area contributed by atoms with Crippen LogP contribution in [0.2, 0.25) is 0 Å². The van der Waals surface area contributed by atoms with Crippen LogP contribution < -0.4 is 0 Å². The predicted octanol–water partition coefficient (Wildman–Crippen LogP) is 7.26. The van der Waals surface area contributed by atoms with Crippen molar-refractivity contribution in [1.29, 1.82) is 0 Å². The zero-order chi connectivity index (χ0) is 29.6. The highest BCUT2D eigenvalue weighted by atomic mass is 16.4. The van der Waals surface area contributed by atoms with Crippen molar-refractivity contribution >= 4 is 28.0 Å². The summed E-state index contributed by atoms with van der Waals surface area (Å²) in [7, 11) is 0. The minimum Gasteiger partial charge on any atom is -0.478 e. The normalized spacial score (nSPS) is 12.9. The van der Waals surface area contributed by atoms with Gasteiger partial charge in [-0.05, 0) is 65.9 Å². The molecule has 194 valence electrons. The van der Waals surface area contributed by atoms with E-state index in [0.29, 0.717) is 29.0 Å². The SMILES string of the molecule is [2H]C([2H])([2H])n1c(-c2ccc3c(nc(CCC)n3Cc3ccc(-c4ccccc4C(=O)O)cc3)c2C)nc2ccccc21. The van der Waals surface area contributed by atoms with E-state index in [2.05, 4.69) is 11.5 Å². The highest BCUT2D eigenvalue weighted by Gasteiger charge is 2.18. The Kier molecular flexibility index (Phi) is 5.38. The van der Waals surface area contributed by atoms with Gasteiger partial charge < -0.3 is 14.2 Å². The molecule has 39 heavy (non-hydrogen) atoms. The number of para-hydroxylation sites is 2. The molecule has 0 aliphatic rings. The molecule has 0 saturated carbocycles. The third-order valence-electron chi connectivity index (χ3n) is 7.29. The average Bonchev–Trinajstić information content (AvgIpc) is 3.53. The molecule has 0 saturated heterocycles. The van der Waals surface area contributed by atoms with Gasteiger partial charge in [0.2, 0.25) is 0 Å². The van der Waals surface area contributed by atoms with E-state index in [0.717, 1.165) is 52.0 Å². The quantitative estimate of drug-likeness (QED) is 0.242. The lowest BCUT2D eigenvalue weighted by Gasteiger charge is -2.12. The third kappa shape index (κ3) is 4.28. The second-order valence-corrected chi connectivity index (χ2v) is 9.78. The van der Waals surface area contributed by atoms with E-state index < -0.39 is 12.9 Å². The van der Waals surface area contributed by atoms with Crippen molar-refractivity contribution in [2.75, 3.05) is 0 Å². The number of carboxylic acids is 1.